The zero-order chi connectivity index (χ0) is 17.9. The molecule has 2 heterocycles. The molecule has 0 radical (unpaired) electrons. The van der Waals surface area contributed by atoms with Crippen molar-refractivity contribution in [1.29, 1.82) is 0 Å². The van der Waals surface area contributed by atoms with Gasteiger partial charge >= 0.3 is 0 Å². The Morgan fingerprint density at radius 2 is 1.96 bits per heavy atom. The monoisotopic (exact) mass is 350 g/mol. The van der Waals surface area contributed by atoms with Crippen LogP contribution >= 0.6 is 0 Å². The van der Waals surface area contributed by atoms with Gasteiger partial charge in [0.25, 0.3) is 0 Å². The minimum absolute atomic E-state index is 0.0513. The third kappa shape index (κ3) is 3.34. The standard InChI is InChI=1S/C18H15FN6O/c19-14-10-22-18(25-17(14)23-12-3-1-2-11(20)8-12)24-13-4-5-16-15(9-13)21-6-7-26-16/h1-10,21H,20H2,(H2,22,23,24,25). The van der Waals surface area contributed by atoms with E-state index in [1.54, 1.807) is 36.7 Å². The number of rotatable bonds is 4. The minimum atomic E-state index is -0.566. The average molecular weight is 350 g/mol. The van der Waals surface area contributed by atoms with Crippen LogP contribution in [0.2, 0.25) is 0 Å². The van der Waals surface area contributed by atoms with Crippen molar-refractivity contribution < 1.29 is 9.13 Å². The van der Waals surface area contributed by atoms with E-state index in [0.717, 1.165) is 17.6 Å². The maximum absolute atomic E-state index is 14.0. The van der Waals surface area contributed by atoms with E-state index in [2.05, 4.69) is 25.9 Å². The third-order valence-corrected chi connectivity index (χ3v) is 3.63. The first-order valence-electron chi connectivity index (χ1n) is 7.82. The number of hydrogen-bond donors (Lipinski definition) is 4. The number of benzene rings is 2. The normalized spacial score (nSPS) is 11.9. The molecule has 0 spiro atoms. The largest absolute Gasteiger partial charge is 0.461 e. The molecule has 7 nitrogen and oxygen atoms in total. The second kappa shape index (κ2) is 6.60. The highest BCUT2D eigenvalue weighted by molar-refractivity contribution is 5.69. The summed E-state index contributed by atoms with van der Waals surface area (Å²) in [4.78, 5) is 8.17. The summed E-state index contributed by atoms with van der Waals surface area (Å²) < 4.78 is 19.4. The van der Waals surface area contributed by atoms with Gasteiger partial charge in [-0.3, -0.25) is 0 Å². The van der Waals surface area contributed by atoms with Gasteiger partial charge in [0.05, 0.1) is 11.9 Å². The van der Waals surface area contributed by atoms with Gasteiger partial charge in [0.15, 0.2) is 11.6 Å². The fourth-order valence-electron chi connectivity index (χ4n) is 2.45. The summed E-state index contributed by atoms with van der Waals surface area (Å²) in [7, 11) is 0. The number of nitrogens with zero attached hydrogens (tertiary/aromatic N) is 2. The van der Waals surface area contributed by atoms with E-state index in [0.29, 0.717) is 17.1 Å². The highest BCUT2D eigenvalue weighted by atomic mass is 19.1. The molecule has 1 aromatic heterocycles. The molecule has 26 heavy (non-hydrogen) atoms. The van der Waals surface area contributed by atoms with Crippen LogP contribution in [0.15, 0.2) is 61.1 Å². The average Bonchev–Trinajstić information content (AvgIpc) is 2.64. The number of aromatic nitrogens is 2. The lowest BCUT2D eigenvalue weighted by molar-refractivity contribution is 0.477. The predicted octanol–water partition coefficient (Wildman–Crippen LogP) is 3.96. The second-order valence-electron chi connectivity index (χ2n) is 5.54. The van der Waals surface area contributed by atoms with Crippen LogP contribution in [-0.4, -0.2) is 9.97 Å². The van der Waals surface area contributed by atoms with E-state index in [4.69, 9.17) is 10.5 Å². The molecule has 0 amide bonds. The van der Waals surface area contributed by atoms with Crippen molar-refractivity contribution in [1.82, 2.24) is 9.97 Å². The summed E-state index contributed by atoms with van der Waals surface area (Å²) in [5.74, 6) is 0.450. The quantitative estimate of drug-likeness (QED) is 0.529. The maximum Gasteiger partial charge on any atom is 0.229 e. The smallest absolute Gasteiger partial charge is 0.229 e. The molecule has 0 saturated heterocycles. The van der Waals surface area contributed by atoms with Crippen molar-refractivity contribution in [2.75, 3.05) is 21.7 Å². The van der Waals surface area contributed by atoms with E-state index in [1.807, 2.05) is 18.2 Å². The van der Waals surface area contributed by atoms with Crippen LogP contribution in [0, 0.1) is 5.82 Å². The Balaban J connectivity index is 1.56. The molecule has 4 rings (SSSR count). The SMILES string of the molecule is Nc1cccc(Nc2nc(Nc3ccc4c(c3)NC=CO4)ncc2F)c1. The summed E-state index contributed by atoms with van der Waals surface area (Å²) in [6, 6.07) is 12.5. The van der Waals surface area contributed by atoms with Gasteiger partial charge in [-0.15, -0.1) is 0 Å². The lowest BCUT2D eigenvalue weighted by Crippen LogP contribution is -2.04. The van der Waals surface area contributed by atoms with E-state index in [1.165, 1.54) is 0 Å². The van der Waals surface area contributed by atoms with Gasteiger partial charge in [0, 0.05) is 23.3 Å². The molecule has 0 aliphatic carbocycles. The topological polar surface area (TPSA) is 97.1 Å². The van der Waals surface area contributed by atoms with Gasteiger partial charge in [0.2, 0.25) is 5.95 Å². The number of ether oxygens (including phenoxy) is 1. The molecule has 0 atom stereocenters. The molecule has 0 bridgehead atoms. The zero-order valence-electron chi connectivity index (χ0n) is 13.5. The van der Waals surface area contributed by atoms with Gasteiger partial charge in [0.1, 0.15) is 12.0 Å². The summed E-state index contributed by atoms with van der Waals surface area (Å²) in [6.07, 6.45) is 4.35. The molecular formula is C18H15FN6O. The Hall–Kier alpha value is -3.81. The highest BCUT2D eigenvalue weighted by Gasteiger charge is 2.10. The van der Waals surface area contributed by atoms with Crippen LogP contribution in [0.4, 0.5) is 38.9 Å². The Kier molecular flexibility index (Phi) is 3.98. The Morgan fingerprint density at radius 1 is 1.08 bits per heavy atom. The molecule has 0 unspecified atom stereocenters. The minimum Gasteiger partial charge on any atom is -0.461 e. The van der Waals surface area contributed by atoms with Crippen LogP contribution in [0.5, 0.6) is 5.75 Å². The van der Waals surface area contributed by atoms with Gasteiger partial charge < -0.3 is 26.4 Å². The Labute approximate surface area is 148 Å². The number of fused-ring (bicyclic) bond motifs is 1. The van der Waals surface area contributed by atoms with E-state index < -0.39 is 5.82 Å². The maximum atomic E-state index is 14.0. The van der Waals surface area contributed by atoms with Gasteiger partial charge in [-0.2, -0.15) is 4.98 Å². The number of nitrogens with two attached hydrogens (primary N) is 1. The predicted molar refractivity (Wildman–Crippen MR) is 99.2 cm³/mol. The zero-order valence-corrected chi connectivity index (χ0v) is 13.5. The van der Waals surface area contributed by atoms with Gasteiger partial charge in [-0.1, -0.05) is 6.07 Å². The fraction of sp³-hybridized carbons (Fsp3) is 0. The van der Waals surface area contributed by atoms with Crippen LogP contribution < -0.4 is 26.4 Å². The molecule has 1 aliphatic heterocycles. The molecule has 8 heteroatoms. The molecule has 130 valence electrons. The fourth-order valence-corrected chi connectivity index (χ4v) is 2.45. The van der Waals surface area contributed by atoms with Gasteiger partial charge in [-0.05, 0) is 36.4 Å². The number of halogens is 1. The van der Waals surface area contributed by atoms with E-state index in [9.17, 15) is 4.39 Å². The summed E-state index contributed by atoms with van der Waals surface area (Å²) in [6.45, 7) is 0. The van der Waals surface area contributed by atoms with Crippen molar-refractivity contribution in [3.8, 4) is 5.75 Å². The Morgan fingerprint density at radius 3 is 2.85 bits per heavy atom. The van der Waals surface area contributed by atoms with E-state index in [-0.39, 0.29) is 11.8 Å². The molecule has 5 N–H and O–H groups in total. The molecule has 0 saturated carbocycles. The van der Waals surface area contributed by atoms with Crippen molar-refractivity contribution >= 4 is 34.5 Å². The summed E-state index contributed by atoms with van der Waals surface area (Å²) >= 11 is 0. The van der Waals surface area contributed by atoms with Crippen molar-refractivity contribution in [3.63, 3.8) is 0 Å². The number of hydrogen-bond acceptors (Lipinski definition) is 7. The number of nitrogens with one attached hydrogen (secondary N) is 3. The van der Waals surface area contributed by atoms with Crippen molar-refractivity contribution in [2.45, 2.75) is 0 Å². The Bertz CT molecular complexity index is 991. The summed E-state index contributed by atoms with van der Waals surface area (Å²) in [5, 5.41) is 9.02. The van der Waals surface area contributed by atoms with Crippen LogP contribution in [0.3, 0.4) is 0 Å². The number of anilines is 6. The lowest BCUT2D eigenvalue weighted by Gasteiger charge is -2.15. The van der Waals surface area contributed by atoms with Crippen molar-refractivity contribution in [2.24, 2.45) is 0 Å². The number of nitrogen functional groups attached to an aromatic ring is 1. The first kappa shape index (κ1) is 15.7. The summed E-state index contributed by atoms with van der Waals surface area (Å²) in [5.41, 5.74) is 8.48. The van der Waals surface area contributed by atoms with E-state index >= 15 is 0 Å². The molecule has 0 fully saturated rings. The van der Waals surface area contributed by atoms with Crippen LogP contribution in [0.1, 0.15) is 0 Å². The molecular weight excluding hydrogens is 335 g/mol. The van der Waals surface area contributed by atoms with Crippen LogP contribution in [0.25, 0.3) is 0 Å². The van der Waals surface area contributed by atoms with Crippen molar-refractivity contribution in [3.05, 3.63) is 66.9 Å². The van der Waals surface area contributed by atoms with Crippen LogP contribution in [-0.2, 0) is 0 Å². The third-order valence-electron chi connectivity index (χ3n) is 3.63. The highest BCUT2D eigenvalue weighted by Crippen LogP contribution is 2.31. The second-order valence-corrected chi connectivity index (χ2v) is 5.54. The molecule has 2 aromatic carbocycles. The molecule has 1 aliphatic rings. The molecule has 3 aromatic rings. The first-order chi connectivity index (χ1) is 12.7. The lowest BCUT2D eigenvalue weighted by atomic mass is 10.2. The van der Waals surface area contributed by atoms with Gasteiger partial charge in [-0.25, -0.2) is 9.37 Å². The first-order valence-corrected chi connectivity index (χ1v) is 7.82.